The summed E-state index contributed by atoms with van der Waals surface area (Å²) in [5, 5.41) is 15.2. The largest absolute Gasteiger partial charge is 0.345 e. The summed E-state index contributed by atoms with van der Waals surface area (Å²) in [7, 11) is 1.78. The Balaban J connectivity index is 1.54. The molecule has 1 aromatic heterocycles. The van der Waals surface area contributed by atoms with Crippen LogP contribution in [0.25, 0.3) is 0 Å². The van der Waals surface area contributed by atoms with E-state index >= 15 is 0 Å². The van der Waals surface area contributed by atoms with Crippen LogP contribution in [0.5, 0.6) is 0 Å². The summed E-state index contributed by atoms with van der Waals surface area (Å²) in [6, 6.07) is 10.5. The number of anilines is 1. The van der Waals surface area contributed by atoms with E-state index in [1.807, 2.05) is 25.1 Å². The molecule has 2 amide bonds. The van der Waals surface area contributed by atoms with Crippen molar-refractivity contribution in [1.29, 1.82) is 0 Å². The van der Waals surface area contributed by atoms with E-state index in [4.69, 9.17) is 23.2 Å². The van der Waals surface area contributed by atoms with Crippen molar-refractivity contribution in [3.05, 3.63) is 67.0 Å². The van der Waals surface area contributed by atoms with Crippen LogP contribution in [0, 0.1) is 10.5 Å². The van der Waals surface area contributed by atoms with Crippen LogP contribution in [0.3, 0.4) is 0 Å². The van der Waals surface area contributed by atoms with Crippen LogP contribution in [0.2, 0.25) is 10.0 Å². The fraction of sp³-hybridized carbons (Fsp3) is 0.200. The van der Waals surface area contributed by atoms with Gasteiger partial charge in [-0.2, -0.15) is 0 Å². The number of aromatic nitrogens is 3. The first-order valence-corrected chi connectivity index (χ1v) is 11.9. The Morgan fingerprint density at radius 3 is 2.65 bits per heavy atom. The Morgan fingerprint density at radius 2 is 1.94 bits per heavy atom. The fourth-order valence-electron chi connectivity index (χ4n) is 2.64. The quantitative estimate of drug-likeness (QED) is 0.308. The number of nitrogens with one attached hydrogen (secondary N) is 2. The topological polar surface area (TPSA) is 88.9 Å². The number of hydrogen-bond donors (Lipinski definition) is 2. The highest BCUT2D eigenvalue weighted by molar-refractivity contribution is 14.1. The summed E-state index contributed by atoms with van der Waals surface area (Å²) < 4.78 is 2.84. The highest BCUT2D eigenvalue weighted by Gasteiger charge is 2.15. The van der Waals surface area contributed by atoms with Gasteiger partial charge in [0.05, 0.1) is 22.9 Å². The Morgan fingerprint density at radius 1 is 1.16 bits per heavy atom. The molecule has 0 aliphatic heterocycles. The summed E-state index contributed by atoms with van der Waals surface area (Å²) in [5.74, 6) is 0.259. The monoisotopic (exact) mass is 589 g/mol. The van der Waals surface area contributed by atoms with Gasteiger partial charge in [-0.15, -0.1) is 10.2 Å². The molecular formula is C20H18Cl2IN5O2S. The Kier molecular flexibility index (Phi) is 8.20. The second-order valence-corrected chi connectivity index (χ2v) is 9.59. The van der Waals surface area contributed by atoms with Crippen molar-refractivity contribution in [1.82, 2.24) is 20.1 Å². The first-order valence-electron chi connectivity index (χ1n) is 9.05. The van der Waals surface area contributed by atoms with Crippen molar-refractivity contribution >= 4 is 75.1 Å². The van der Waals surface area contributed by atoms with Crippen molar-refractivity contribution in [2.75, 3.05) is 11.1 Å². The van der Waals surface area contributed by atoms with E-state index in [0.717, 1.165) is 14.8 Å². The van der Waals surface area contributed by atoms with Gasteiger partial charge in [0.2, 0.25) is 5.91 Å². The standard InChI is InChI=1S/C20H18Cl2IN5O2S/c1-11-7-13(23)4-6-16(11)25-18(29)10-31-20-27-26-17(28(20)2)9-24-19(30)14-5-3-12(21)8-15(14)22/h3-8H,9-10H2,1-2H3,(H,24,30)(H,25,29). The van der Waals surface area contributed by atoms with Crippen molar-refractivity contribution in [3.63, 3.8) is 0 Å². The lowest BCUT2D eigenvalue weighted by molar-refractivity contribution is -0.113. The van der Waals surface area contributed by atoms with Gasteiger partial charge >= 0.3 is 0 Å². The maximum atomic E-state index is 12.4. The third-order valence-electron chi connectivity index (χ3n) is 4.30. The molecule has 0 fully saturated rings. The summed E-state index contributed by atoms with van der Waals surface area (Å²) in [5.41, 5.74) is 2.11. The van der Waals surface area contributed by atoms with Crippen LogP contribution < -0.4 is 10.6 Å². The molecule has 7 nitrogen and oxygen atoms in total. The summed E-state index contributed by atoms with van der Waals surface area (Å²) in [6.07, 6.45) is 0. The number of hydrogen-bond acceptors (Lipinski definition) is 5. The lowest BCUT2D eigenvalue weighted by Crippen LogP contribution is -2.24. The normalized spacial score (nSPS) is 10.7. The lowest BCUT2D eigenvalue weighted by atomic mass is 10.2. The smallest absolute Gasteiger partial charge is 0.253 e. The fourth-order valence-corrected chi connectivity index (χ4v) is 4.51. The van der Waals surface area contributed by atoms with Gasteiger partial charge in [0, 0.05) is 21.3 Å². The zero-order valence-electron chi connectivity index (χ0n) is 16.6. The summed E-state index contributed by atoms with van der Waals surface area (Å²) in [4.78, 5) is 24.6. The van der Waals surface area contributed by atoms with Gasteiger partial charge in [0.15, 0.2) is 11.0 Å². The molecule has 0 spiro atoms. The molecule has 0 saturated carbocycles. The van der Waals surface area contributed by atoms with E-state index in [0.29, 0.717) is 21.6 Å². The van der Waals surface area contributed by atoms with E-state index < -0.39 is 0 Å². The zero-order chi connectivity index (χ0) is 22.5. The third kappa shape index (κ3) is 6.34. The molecule has 3 rings (SSSR count). The van der Waals surface area contributed by atoms with Crippen LogP contribution in [0.1, 0.15) is 21.7 Å². The van der Waals surface area contributed by atoms with Crippen molar-refractivity contribution in [3.8, 4) is 0 Å². The molecule has 11 heteroatoms. The van der Waals surface area contributed by atoms with Gasteiger partial charge < -0.3 is 15.2 Å². The molecule has 2 aromatic carbocycles. The SMILES string of the molecule is Cc1cc(I)ccc1NC(=O)CSc1nnc(CNC(=O)c2ccc(Cl)cc2Cl)n1C. The van der Waals surface area contributed by atoms with Gasteiger partial charge in [-0.25, -0.2) is 0 Å². The Labute approximate surface area is 207 Å². The predicted molar refractivity (Wildman–Crippen MR) is 132 cm³/mol. The first kappa shape index (κ1) is 23.8. The molecule has 0 atom stereocenters. The van der Waals surface area contributed by atoms with Crippen molar-refractivity contribution in [2.24, 2.45) is 7.05 Å². The first-order chi connectivity index (χ1) is 14.7. The Hall–Kier alpha value is -1.82. The second-order valence-electron chi connectivity index (χ2n) is 6.56. The van der Waals surface area contributed by atoms with Crippen LogP contribution in [-0.2, 0) is 18.4 Å². The highest BCUT2D eigenvalue weighted by atomic mass is 127. The van der Waals surface area contributed by atoms with Crippen molar-refractivity contribution in [2.45, 2.75) is 18.6 Å². The highest BCUT2D eigenvalue weighted by Crippen LogP contribution is 2.22. The number of aryl methyl sites for hydroxylation is 1. The zero-order valence-corrected chi connectivity index (χ0v) is 21.1. The van der Waals surface area contributed by atoms with E-state index in [1.54, 1.807) is 23.7 Å². The number of thioether (sulfide) groups is 1. The maximum Gasteiger partial charge on any atom is 0.253 e. The molecule has 0 aliphatic carbocycles. The third-order valence-corrected chi connectivity index (χ3v) is 6.54. The van der Waals surface area contributed by atoms with Crippen molar-refractivity contribution < 1.29 is 9.59 Å². The maximum absolute atomic E-state index is 12.4. The number of amides is 2. The minimum Gasteiger partial charge on any atom is -0.345 e. The van der Waals surface area contributed by atoms with Crippen LogP contribution in [-0.4, -0.2) is 32.3 Å². The lowest BCUT2D eigenvalue weighted by Gasteiger charge is -2.09. The Bertz CT molecular complexity index is 1140. The van der Waals surface area contributed by atoms with E-state index in [9.17, 15) is 9.59 Å². The minimum atomic E-state index is -0.342. The molecule has 0 radical (unpaired) electrons. The molecule has 0 bridgehead atoms. The molecule has 162 valence electrons. The average Bonchev–Trinajstić information content (AvgIpc) is 3.06. The predicted octanol–water partition coefficient (Wildman–Crippen LogP) is 4.70. The van der Waals surface area contributed by atoms with Gasteiger partial charge in [-0.3, -0.25) is 9.59 Å². The molecule has 2 N–H and O–H groups in total. The molecular weight excluding hydrogens is 572 g/mol. The van der Waals surface area contributed by atoms with Gasteiger partial charge in [0.25, 0.3) is 5.91 Å². The number of carbonyl (C=O) groups is 2. The number of carbonyl (C=O) groups excluding carboxylic acids is 2. The molecule has 3 aromatic rings. The van der Waals surface area contributed by atoms with E-state index in [1.165, 1.54) is 17.8 Å². The van der Waals surface area contributed by atoms with Gasteiger partial charge in [0.1, 0.15) is 0 Å². The minimum absolute atomic E-state index is 0.135. The van der Waals surface area contributed by atoms with Crippen LogP contribution >= 0.6 is 57.6 Å². The van der Waals surface area contributed by atoms with Gasteiger partial charge in [-0.1, -0.05) is 35.0 Å². The summed E-state index contributed by atoms with van der Waals surface area (Å²) in [6.45, 7) is 2.11. The second kappa shape index (κ2) is 10.7. The molecule has 0 saturated heterocycles. The molecule has 0 unspecified atom stereocenters. The van der Waals surface area contributed by atoms with E-state index in [2.05, 4.69) is 43.4 Å². The number of rotatable bonds is 7. The van der Waals surface area contributed by atoms with Crippen LogP contribution in [0.4, 0.5) is 5.69 Å². The van der Waals surface area contributed by atoms with Crippen LogP contribution in [0.15, 0.2) is 41.6 Å². The summed E-state index contributed by atoms with van der Waals surface area (Å²) >= 11 is 15.4. The molecule has 31 heavy (non-hydrogen) atoms. The van der Waals surface area contributed by atoms with E-state index in [-0.39, 0.29) is 29.1 Å². The number of halogens is 3. The average molecular weight is 590 g/mol. The number of nitrogens with zero attached hydrogens (tertiary/aromatic N) is 3. The molecule has 1 heterocycles. The molecule has 0 aliphatic rings. The van der Waals surface area contributed by atoms with Gasteiger partial charge in [-0.05, 0) is 71.5 Å². The number of benzene rings is 2.